The van der Waals surface area contributed by atoms with E-state index >= 15 is 0 Å². The molecule has 1 aromatic rings. The van der Waals surface area contributed by atoms with Crippen LogP contribution in [0.25, 0.3) is 0 Å². The summed E-state index contributed by atoms with van der Waals surface area (Å²) >= 11 is 6.32. The van der Waals surface area contributed by atoms with E-state index in [-0.39, 0.29) is 12.4 Å². The van der Waals surface area contributed by atoms with Gasteiger partial charge >= 0.3 is 0 Å². The number of likely N-dealkylation sites (tertiary alicyclic amines) is 1. The Morgan fingerprint density at radius 3 is 2.95 bits per heavy atom. The topological polar surface area (TPSA) is 24.5 Å². The SMILES string of the molecule is COc1cccc(Cl)c1CN1CCC2CNCC2C1.Cl. The number of nitrogens with one attached hydrogen (secondary N) is 1. The molecule has 3 rings (SSSR count). The molecule has 2 atom stereocenters. The maximum atomic E-state index is 6.32. The van der Waals surface area contributed by atoms with E-state index in [1.54, 1.807) is 7.11 Å². The third-order valence-electron chi connectivity index (χ3n) is 4.47. The van der Waals surface area contributed by atoms with Gasteiger partial charge in [0.05, 0.1) is 7.11 Å². The molecule has 112 valence electrons. The molecule has 20 heavy (non-hydrogen) atoms. The molecule has 0 saturated carbocycles. The molecule has 2 aliphatic rings. The van der Waals surface area contributed by atoms with Gasteiger partial charge in [-0.05, 0) is 50.0 Å². The lowest BCUT2D eigenvalue weighted by Gasteiger charge is -2.34. The molecule has 1 N–H and O–H groups in total. The quantitative estimate of drug-likeness (QED) is 0.928. The minimum Gasteiger partial charge on any atom is -0.496 e. The third kappa shape index (κ3) is 3.22. The number of piperidine rings is 1. The fourth-order valence-electron chi connectivity index (χ4n) is 3.36. The number of methoxy groups -OCH3 is 1. The van der Waals surface area contributed by atoms with Crippen LogP contribution in [-0.2, 0) is 6.54 Å². The summed E-state index contributed by atoms with van der Waals surface area (Å²) in [5.74, 6) is 2.59. The molecule has 1 aromatic carbocycles. The zero-order valence-corrected chi connectivity index (χ0v) is 13.3. The highest BCUT2D eigenvalue weighted by Crippen LogP contribution is 2.31. The van der Waals surface area contributed by atoms with Crippen LogP contribution < -0.4 is 10.1 Å². The third-order valence-corrected chi connectivity index (χ3v) is 4.82. The molecule has 0 aliphatic carbocycles. The fourth-order valence-corrected chi connectivity index (χ4v) is 3.59. The van der Waals surface area contributed by atoms with Crippen molar-refractivity contribution in [1.29, 1.82) is 0 Å². The first-order chi connectivity index (χ1) is 9.28. The zero-order valence-electron chi connectivity index (χ0n) is 11.8. The summed E-state index contributed by atoms with van der Waals surface area (Å²) in [5.41, 5.74) is 1.12. The van der Waals surface area contributed by atoms with Gasteiger partial charge in [0, 0.05) is 23.7 Å². The number of hydrogen-bond acceptors (Lipinski definition) is 3. The zero-order chi connectivity index (χ0) is 13.2. The van der Waals surface area contributed by atoms with Crippen LogP contribution in [0, 0.1) is 11.8 Å². The van der Waals surface area contributed by atoms with E-state index in [4.69, 9.17) is 16.3 Å². The summed E-state index contributed by atoms with van der Waals surface area (Å²) in [7, 11) is 1.71. The van der Waals surface area contributed by atoms with Crippen molar-refractivity contribution in [3.8, 4) is 5.75 Å². The summed E-state index contributed by atoms with van der Waals surface area (Å²) in [4.78, 5) is 2.51. The Morgan fingerprint density at radius 2 is 2.15 bits per heavy atom. The van der Waals surface area contributed by atoms with Crippen molar-refractivity contribution in [3.63, 3.8) is 0 Å². The van der Waals surface area contributed by atoms with Crippen LogP contribution in [0.5, 0.6) is 5.75 Å². The lowest BCUT2D eigenvalue weighted by atomic mass is 9.88. The first-order valence-electron chi connectivity index (χ1n) is 7.02. The predicted octanol–water partition coefficient (Wildman–Crippen LogP) is 2.81. The molecule has 0 bridgehead atoms. The van der Waals surface area contributed by atoms with E-state index in [0.717, 1.165) is 41.3 Å². The minimum absolute atomic E-state index is 0. The van der Waals surface area contributed by atoms with Crippen LogP contribution in [-0.4, -0.2) is 38.2 Å². The Morgan fingerprint density at radius 1 is 1.35 bits per heavy atom. The number of rotatable bonds is 3. The Bertz CT molecular complexity index is 455. The maximum Gasteiger partial charge on any atom is 0.124 e. The van der Waals surface area contributed by atoms with Gasteiger partial charge in [-0.3, -0.25) is 4.90 Å². The van der Waals surface area contributed by atoms with Gasteiger partial charge < -0.3 is 10.1 Å². The average Bonchev–Trinajstić information content (AvgIpc) is 2.88. The monoisotopic (exact) mass is 316 g/mol. The molecule has 0 aromatic heterocycles. The van der Waals surface area contributed by atoms with Crippen LogP contribution in [0.2, 0.25) is 5.02 Å². The highest BCUT2D eigenvalue weighted by atomic mass is 35.5. The van der Waals surface area contributed by atoms with Crippen LogP contribution >= 0.6 is 24.0 Å². The fraction of sp³-hybridized carbons (Fsp3) is 0.600. The molecule has 2 fully saturated rings. The number of halogens is 2. The van der Waals surface area contributed by atoms with Crippen molar-refractivity contribution in [3.05, 3.63) is 28.8 Å². The molecule has 0 spiro atoms. The van der Waals surface area contributed by atoms with Gasteiger partial charge in [-0.2, -0.15) is 0 Å². The molecule has 2 heterocycles. The number of hydrogen-bond donors (Lipinski definition) is 1. The summed E-state index contributed by atoms with van der Waals surface area (Å²) in [6.45, 7) is 5.60. The van der Waals surface area contributed by atoms with Crippen molar-refractivity contribution >= 4 is 24.0 Å². The van der Waals surface area contributed by atoms with Crippen molar-refractivity contribution in [2.45, 2.75) is 13.0 Å². The normalized spacial score (nSPS) is 25.9. The Kier molecular flexibility index (Phi) is 5.56. The smallest absolute Gasteiger partial charge is 0.124 e. The molecule has 2 aliphatic heterocycles. The van der Waals surface area contributed by atoms with Crippen molar-refractivity contribution in [2.75, 3.05) is 33.3 Å². The lowest BCUT2D eigenvalue weighted by molar-refractivity contribution is 0.141. The van der Waals surface area contributed by atoms with E-state index < -0.39 is 0 Å². The molecule has 5 heteroatoms. The van der Waals surface area contributed by atoms with E-state index in [1.165, 1.54) is 26.1 Å². The molecule has 0 radical (unpaired) electrons. The lowest BCUT2D eigenvalue weighted by Crippen LogP contribution is -2.39. The Hall–Kier alpha value is -0.480. The van der Waals surface area contributed by atoms with E-state index in [0.29, 0.717) is 0 Å². The highest BCUT2D eigenvalue weighted by Gasteiger charge is 2.32. The minimum atomic E-state index is 0. The van der Waals surface area contributed by atoms with E-state index in [1.807, 2.05) is 18.2 Å². The molecule has 2 saturated heterocycles. The van der Waals surface area contributed by atoms with Crippen LogP contribution in [0.1, 0.15) is 12.0 Å². The molecule has 2 unspecified atom stereocenters. The maximum absolute atomic E-state index is 6.32. The summed E-state index contributed by atoms with van der Waals surface area (Å²) in [6.07, 6.45) is 1.30. The largest absolute Gasteiger partial charge is 0.496 e. The van der Waals surface area contributed by atoms with E-state index in [2.05, 4.69) is 10.2 Å². The molecule has 3 nitrogen and oxygen atoms in total. The Labute approximate surface area is 132 Å². The van der Waals surface area contributed by atoms with Gasteiger partial charge in [0.25, 0.3) is 0 Å². The second-order valence-corrected chi connectivity index (χ2v) is 6.03. The number of fused-ring (bicyclic) bond motifs is 1. The van der Waals surface area contributed by atoms with Crippen molar-refractivity contribution < 1.29 is 4.74 Å². The molecular formula is C15H22Cl2N2O. The van der Waals surface area contributed by atoms with Crippen molar-refractivity contribution in [1.82, 2.24) is 10.2 Å². The first kappa shape index (κ1) is 15.9. The summed E-state index contributed by atoms with van der Waals surface area (Å²) in [5, 5.41) is 4.32. The Balaban J connectivity index is 0.00000147. The van der Waals surface area contributed by atoms with Crippen molar-refractivity contribution in [2.24, 2.45) is 11.8 Å². The summed E-state index contributed by atoms with van der Waals surface area (Å²) < 4.78 is 5.43. The number of benzene rings is 1. The molecular weight excluding hydrogens is 295 g/mol. The second-order valence-electron chi connectivity index (χ2n) is 5.62. The van der Waals surface area contributed by atoms with Crippen LogP contribution in [0.4, 0.5) is 0 Å². The van der Waals surface area contributed by atoms with Gasteiger partial charge in [0.15, 0.2) is 0 Å². The highest BCUT2D eigenvalue weighted by molar-refractivity contribution is 6.31. The van der Waals surface area contributed by atoms with Gasteiger partial charge in [-0.15, -0.1) is 12.4 Å². The number of nitrogens with zero attached hydrogens (tertiary/aromatic N) is 1. The first-order valence-corrected chi connectivity index (χ1v) is 7.40. The van der Waals surface area contributed by atoms with Crippen LogP contribution in [0.15, 0.2) is 18.2 Å². The van der Waals surface area contributed by atoms with Gasteiger partial charge in [-0.1, -0.05) is 17.7 Å². The number of ether oxygens (including phenoxy) is 1. The van der Waals surface area contributed by atoms with Crippen LogP contribution in [0.3, 0.4) is 0 Å². The average molecular weight is 317 g/mol. The second kappa shape index (κ2) is 6.99. The van der Waals surface area contributed by atoms with Gasteiger partial charge in [0.1, 0.15) is 5.75 Å². The molecule has 0 amide bonds. The van der Waals surface area contributed by atoms with E-state index in [9.17, 15) is 0 Å². The van der Waals surface area contributed by atoms with Gasteiger partial charge in [0.2, 0.25) is 0 Å². The predicted molar refractivity (Wildman–Crippen MR) is 85.0 cm³/mol. The van der Waals surface area contributed by atoms with Gasteiger partial charge in [-0.25, -0.2) is 0 Å². The standard InChI is InChI=1S/C15H21ClN2O.ClH/c1-19-15-4-2-3-14(16)13(15)10-18-6-5-11-7-17-8-12(11)9-18;/h2-4,11-12,17H,5-10H2,1H3;1H. The summed E-state index contributed by atoms with van der Waals surface area (Å²) in [6, 6.07) is 5.88.